The summed E-state index contributed by atoms with van der Waals surface area (Å²) >= 11 is 0. The van der Waals surface area contributed by atoms with Crippen LogP contribution in [0.4, 0.5) is 8.78 Å². The monoisotopic (exact) mass is 408 g/mol. The molecular weight excluding hydrogens is 390 g/mol. The second kappa shape index (κ2) is 10.0. The molecule has 154 valence electrons. The normalized spacial score (nSPS) is 11.3. The van der Waals surface area contributed by atoms with E-state index in [1.165, 1.54) is 20.1 Å². The maximum atomic E-state index is 12.4. The molecule has 1 atom stereocenters. The van der Waals surface area contributed by atoms with Crippen LogP contribution < -0.4 is 20.3 Å². The fraction of sp³-hybridized carbons (Fsp3) is 0.211. The molecule has 0 aliphatic carbocycles. The lowest BCUT2D eigenvalue weighted by Crippen LogP contribution is -2.46. The molecule has 0 saturated carbocycles. The molecule has 2 N–H and O–H groups in total. The number of alkyl halides is 2. The Hall–Kier alpha value is -3.69. The van der Waals surface area contributed by atoms with Crippen LogP contribution >= 0.6 is 0 Å². The molecule has 0 spiro atoms. The van der Waals surface area contributed by atoms with Gasteiger partial charge in [-0.05, 0) is 37.3 Å². The highest BCUT2D eigenvalue weighted by Gasteiger charge is 2.21. The van der Waals surface area contributed by atoms with E-state index in [0.29, 0.717) is 5.56 Å². The molecule has 2 rings (SSSR count). The molecule has 2 amide bonds. The van der Waals surface area contributed by atoms with E-state index in [2.05, 4.69) is 15.6 Å². The lowest BCUT2D eigenvalue weighted by atomic mass is 10.2. The summed E-state index contributed by atoms with van der Waals surface area (Å²) in [5, 5.41) is 0. The standard InChI is InChI=1S/C19H18F2N2O6/c1-11(16(24)22-23-17(25)12-6-4-3-5-7-12)28-18(26)13-8-9-14(29-19(20)21)15(10-13)27-2/h3-11,19H,1-2H3,(H,22,24)(H,23,25)/t11-/m1/s1. The predicted molar refractivity (Wildman–Crippen MR) is 96.6 cm³/mol. The summed E-state index contributed by atoms with van der Waals surface area (Å²) in [5.74, 6) is -2.58. The highest BCUT2D eigenvalue weighted by Crippen LogP contribution is 2.29. The van der Waals surface area contributed by atoms with Crippen molar-refractivity contribution in [3.05, 3.63) is 59.7 Å². The van der Waals surface area contributed by atoms with Crippen LogP contribution in [0.3, 0.4) is 0 Å². The second-order valence-electron chi connectivity index (χ2n) is 5.60. The molecule has 0 heterocycles. The first-order valence-corrected chi connectivity index (χ1v) is 8.31. The molecule has 0 unspecified atom stereocenters. The minimum Gasteiger partial charge on any atom is -0.493 e. The zero-order chi connectivity index (χ0) is 21.4. The van der Waals surface area contributed by atoms with Crippen LogP contribution in [0.15, 0.2) is 48.5 Å². The molecule has 10 heteroatoms. The van der Waals surface area contributed by atoms with Crippen molar-refractivity contribution in [1.82, 2.24) is 10.9 Å². The van der Waals surface area contributed by atoms with Gasteiger partial charge in [-0.2, -0.15) is 8.78 Å². The fourth-order valence-corrected chi connectivity index (χ4v) is 2.15. The van der Waals surface area contributed by atoms with E-state index >= 15 is 0 Å². The SMILES string of the molecule is COc1cc(C(=O)O[C@H](C)C(=O)NNC(=O)c2ccccc2)ccc1OC(F)F. The van der Waals surface area contributed by atoms with Gasteiger partial charge in [0.15, 0.2) is 17.6 Å². The molecule has 0 radical (unpaired) electrons. The van der Waals surface area contributed by atoms with Crippen LogP contribution in [0.25, 0.3) is 0 Å². The Morgan fingerprint density at radius 3 is 2.24 bits per heavy atom. The fourth-order valence-electron chi connectivity index (χ4n) is 2.15. The summed E-state index contributed by atoms with van der Waals surface area (Å²) in [4.78, 5) is 36.1. The molecule has 0 aliphatic rings. The first-order valence-electron chi connectivity index (χ1n) is 8.31. The average Bonchev–Trinajstić information content (AvgIpc) is 2.72. The Balaban J connectivity index is 1.93. The Labute approximate surface area is 164 Å². The average molecular weight is 408 g/mol. The van der Waals surface area contributed by atoms with E-state index in [1.54, 1.807) is 30.3 Å². The van der Waals surface area contributed by atoms with Crippen molar-refractivity contribution in [1.29, 1.82) is 0 Å². The van der Waals surface area contributed by atoms with E-state index in [-0.39, 0.29) is 17.1 Å². The number of carbonyl (C=O) groups is 3. The molecule has 8 nitrogen and oxygen atoms in total. The molecule has 2 aromatic rings. The molecule has 0 fully saturated rings. The number of hydrogen-bond donors (Lipinski definition) is 2. The Bertz CT molecular complexity index is 876. The number of halogens is 2. The number of esters is 1. The first-order chi connectivity index (χ1) is 13.8. The topological polar surface area (TPSA) is 103 Å². The zero-order valence-corrected chi connectivity index (χ0v) is 15.5. The molecule has 0 bridgehead atoms. The summed E-state index contributed by atoms with van der Waals surface area (Å²) in [7, 11) is 1.22. The summed E-state index contributed by atoms with van der Waals surface area (Å²) in [6.07, 6.45) is -1.25. The molecule has 2 aromatic carbocycles. The van der Waals surface area contributed by atoms with Crippen molar-refractivity contribution in [2.45, 2.75) is 19.6 Å². The number of benzene rings is 2. The van der Waals surface area contributed by atoms with Gasteiger partial charge in [-0.25, -0.2) is 4.79 Å². The van der Waals surface area contributed by atoms with E-state index in [0.717, 1.165) is 12.1 Å². The summed E-state index contributed by atoms with van der Waals surface area (Å²) < 4.78 is 38.9. The summed E-state index contributed by atoms with van der Waals surface area (Å²) in [6.45, 7) is -1.76. The Kier molecular flexibility index (Phi) is 7.47. The van der Waals surface area contributed by atoms with E-state index in [1.807, 2.05) is 0 Å². The minimum atomic E-state index is -3.06. The second-order valence-corrected chi connectivity index (χ2v) is 5.60. The van der Waals surface area contributed by atoms with Crippen LogP contribution in [-0.2, 0) is 9.53 Å². The highest BCUT2D eigenvalue weighted by molar-refractivity contribution is 5.96. The van der Waals surface area contributed by atoms with Crippen LogP contribution in [0.1, 0.15) is 27.6 Å². The number of hydrogen-bond acceptors (Lipinski definition) is 6. The van der Waals surface area contributed by atoms with Crippen molar-refractivity contribution in [2.75, 3.05) is 7.11 Å². The van der Waals surface area contributed by atoms with Gasteiger partial charge in [0.2, 0.25) is 0 Å². The number of nitrogens with one attached hydrogen (secondary N) is 2. The smallest absolute Gasteiger partial charge is 0.387 e. The minimum absolute atomic E-state index is 0.0450. The number of rotatable bonds is 7. The van der Waals surface area contributed by atoms with E-state index in [4.69, 9.17) is 9.47 Å². The van der Waals surface area contributed by atoms with Gasteiger partial charge >= 0.3 is 12.6 Å². The third-order valence-corrected chi connectivity index (χ3v) is 3.60. The lowest BCUT2D eigenvalue weighted by molar-refractivity contribution is -0.129. The van der Waals surface area contributed by atoms with Gasteiger partial charge < -0.3 is 14.2 Å². The van der Waals surface area contributed by atoms with Crippen molar-refractivity contribution in [2.24, 2.45) is 0 Å². The number of carbonyl (C=O) groups excluding carboxylic acids is 3. The molecule has 0 aromatic heterocycles. The van der Waals surface area contributed by atoms with Crippen molar-refractivity contribution < 1.29 is 37.4 Å². The molecule has 29 heavy (non-hydrogen) atoms. The van der Waals surface area contributed by atoms with Gasteiger partial charge in [0.25, 0.3) is 11.8 Å². The van der Waals surface area contributed by atoms with Gasteiger partial charge in [0.1, 0.15) is 0 Å². The molecule has 0 saturated heterocycles. The lowest BCUT2D eigenvalue weighted by Gasteiger charge is -2.15. The van der Waals surface area contributed by atoms with Gasteiger partial charge in [-0.3, -0.25) is 20.4 Å². The zero-order valence-electron chi connectivity index (χ0n) is 15.5. The molecular formula is C19H18F2N2O6. The number of amides is 2. The van der Waals surface area contributed by atoms with Crippen molar-refractivity contribution >= 4 is 17.8 Å². The van der Waals surface area contributed by atoms with Gasteiger partial charge in [-0.1, -0.05) is 18.2 Å². The van der Waals surface area contributed by atoms with Crippen LogP contribution in [0.2, 0.25) is 0 Å². The van der Waals surface area contributed by atoms with E-state index in [9.17, 15) is 23.2 Å². The van der Waals surface area contributed by atoms with Gasteiger partial charge in [0.05, 0.1) is 12.7 Å². The predicted octanol–water partition coefficient (Wildman–Crippen LogP) is 2.30. The maximum Gasteiger partial charge on any atom is 0.387 e. The summed E-state index contributed by atoms with van der Waals surface area (Å²) in [6, 6.07) is 11.6. The number of hydrazine groups is 1. The third-order valence-electron chi connectivity index (χ3n) is 3.60. The number of methoxy groups -OCH3 is 1. The number of ether oxygens (including phenoxy) is 3. The maximum absolute atomic E-state index is 12.4. The quantitative estimate of drug-likeness (QED) is 0.538. The first kappa shape index (κ1) is 21.6. The Morgan fingerprint density at radius 2 is 1.62 bits per heavy atom. The molecule has 0 aliphatic heterocycles. The van der Waals surface area contributed by atoms with Crippen LogP contribution in [0.5, 0.6) is 11.5 Å². The van der Waals surface area contributed by atoms with Crippen molar-refractivity contribution in [3.63, 3.8) is 0 Å². The van der Waals surface area contributed by atoms with Crippen LogP contribution in [0, 0.1) is 0 Å². The van der Waals surface area contributed by atoms with Crippen LogP contribution in [-0.4, -0.2) is 37.6 Å². The third kappa shape index (κ3) is 6.16. The summed E-state index contributed by atoms with van der Waals surface area (Å²) in [5.41, 5.74) is 4.63. The van der Waals surface area contributed by atoms with Gasteiger partial charge in [-0.15, -0.1) is 0 Å². The van der Waals surface area contributed by atoms with E-state index < -0.39 is 30.5 Å². The largest absolute Gasteiger partial charge is 0.493 e. The highest BCUT2D eigenvalue weighted by atomic mass is 19.3. The Morgan fingerprint density at radius 1 is 0.931 bits per heavy atom. The van der Waals surface area contributed by atoms with Crippen molar-refractivity contribution in [3.8, 4) is 11.5 Å². The van der Waals surface area contributed by atoms with Gasteiger partial charge in [0, 0.05) is 5.56 Å².